The Kier molecular flexibility index (Phi) is 7.95. The summed E-state index contributed by atoms with van der Waals surface area (Å²) in [6.45, 7) is 5.72. The molecule has 9 nitrogen and oxygen atoms in total. The number of ether oxygens (including phenoxy) is 4. The lowest BCUT2D eigenvalue weighted by Gasteiger charge is -2.42. The summed E-state index contributed by atoms with van der Waals surface area (Å²) in [7, 11) is 4.66. The number of benzene rings is 1. The standard InChI is InChI=1S/C28H35ClN2O7/c1-16-8-7-9-22(36-6)28(34)15-21(37-26(33)30-28)17(2)25-27(3,38-25)11-10-23(32)31(4)19-13-18(12-16)14-20(35-5)24(19)29/h7-11,13-14,17,21-22,25,34H,12,15H2,1-6H3,(H,30,33)/t17-,21-,22-,25-,27+,28-/m1/s1. The molecule has 1 aromatic carbocycles. The Bertz CT molecular complexity index is 1200. The van der Waals surface area contributed by atoms with Gasteiger partial charge in [0.05, 0.1) is 18.9 Å². The molecule has 0 aliphatic carbocycles. The van der Waals surface area contributed by atoms with E-state index < -0.39 is 29.6 Å². The monoisotopic (exact) mass is 546 g/mol. The average molecular weight is 547 g/mol. The summed E-state index contributed by atoms with van der Waals surface area (Å²) < 4.78 is 22.5. The van der Waals surface area contributed by atoms with Crippen LogP contribution in [0.5, 0.6) is 5.75 Å². The largest absolute Gasteiger partial charge is 0.495 e. The van der Waals surface area contributed by atoms with E-state index in [0.29, 0.717) is 22.9 Å². The van der Waals surface area contributed by atoms with E-state index in [2.05, 4.69) is 5.32 Å². The number of hydrogen-bond acceptors (Lipinski definition) is 7. The molecule has 206 valence electrons. The summed E-state index contributed by atoms with van der Waals surface area (Å²) >= 11 is 6.58. The molecule has 3 aliphatic rings. The summed E-state index contributed by atoms with van der Waals surface area (Å²) in [6.07, 6.45) is 6.68. The van der Waals surface area contributed by atoms with Crippen LogP contribution in [0.3, 0.4) is 0 Å². The zero-order valence-corrected chi connectivity index (χ0v) is 23.2. The molecule has 0 spiro atoms. The van der Waals surface area contributed by atoms with Crippen molar-refractivity contribution in [1.29, 1.82) is 0 Å². The zero-order valence-electron chi connectivity index (χ0n) is 22.5. The van der Waals surface area contributed by atoms with Crippen LogP contribution in [-0.4, -0.2) is 68.0 Å². The summed E-state index contributed by atoms with van der Waals surface area (Å²) in [5.74, 6) is -0.0859. The third kappa shape index (κ3) is 5.61. The maximum absolute atomic E-state index is 13.1. The number of nitrogens with zero attached hydrogens (tertiary/aromatic N) is 1. The molecule has 38 heavy (non-hydrogen) atoms. The van der Waals surface area contributed by atoms with Crippen LogP contribution in [0.15, 0.2) is 48.1 Å². The van der Waals surface area contributed by atoms with E-state index in [1.807, 2.05) is 39.0 Å². The van der Waals surface area contributed by atoms with Gasteiger partial charge in [-0.05, 0) is 44.0 Å². The number of fused-ring (bicyclic) bond motifs is 5. The second-order valence-electron chi connectivity index (χ2n) is 10.4. The van der Waals surface area contributed by atoms with E-state index in [1.54, 1.807) is 25.3 Å². The average Bonchev–Trinajstić information content (AvgIpc) is 3.55. The molecule has 0 unspecified atom stereocenters. The van der Waals surface area contributed by atoms with Crippen molar-refractivity contribution in [2.24, 2.45) is 5.92 Å². The second-order valence-corrected chi connectivity index (χ2v) is 10.7. The van der Waals surface area contributed by atoms with Gasteiger partial charge in [0.1, 0.15) is 28.6 Å². The molecule has 2 saturated heterocycles. The highest BCUT2D eigenvalue weighted by Gasteiger charge is 2.58. The van der Waals surface area contributed by atoms with Crippen LogP contribution in [0.4, 0.5) is 10.5 Å². The van der Waals surface area contributed by atoms with Crippen LogP contribution in [0.2, 0.25) is 5.02 Å². The lowest BCUT2D eigenvalue weighted by molar-refractivity contribution is -0.142. The van der Waals surface area contributed by atoms with Crippen LogP contribution < -0.4 is 15.0 Å². The fourth-order valence-electron chi connectivity index (χ4n) is 5.16. The number of methoxy groups -OCH3 is 2. The van der Waals surface area contributed by atoms with Gasteiger partial charge in [-0.3, -0.25) is 10.1 Å². The van der Waals surface area contributed by atoms with Gasteiger partial charge in [-0.2, -0.15) is 0 Å². The molecule has 10 heteroatoms. The predicted molar refractivity (Wildman–Crippen MR) is 143 cm³/mol. The van der Waals surface area contributed by atoms with E-state index in [4.69, 9.17) is 30.5 Å². The molecule has 0 radical (unpaired) electrons. The van der Waals surface area contributed by atoms with Gasteiger partial charge < -0.3 is 29.0 Å². The van der Waals surface area contributed by atoms with Gasteiger partial charge in [0.25, 0.3) is 5.91 Å². The number of rotatable bonds is 2. The third-order valence-electron chi connectivity index (χ3n) is 7.46. The van der Waals surface area contributed by atoms with E-state index in [-0.39, 0.29) is 24.3 Å². The number of anilines is 1. The van der Waals surface area contributed by atoms with Crippen molar-refractivity contribution in [3.8, 4) is 5.75 Å². The Morgan fingerprint density at radius 3 is 2.68 bits per heavy atom. The number of aliphatic hydroxyl groups is 1. The summed E-state index contributed by atoms with van der Waals surface area (Å²) in [6, 6.07) is 3.70. The van der Waals surface area contributed by atoms with E-state index in [9.17, 15) is 14.7 Å². The van der Waals surface area contributed by atoms with Gasteiger partial charge in [-0.1, -0.05) is 42.3 Å². The molecule has 3 heterocycles. The maximum Gasteiger partial charge on any atom is 0.409 e. The highest BCUT2D eigenvalue weighted by Crippen LogP contribution is 2.46. The molecule has 2 fully saturated rings. The number of nitrogens with one attached hydrogen (secondary N) is 1. The molecule has 0 saturated carbocycles. The van der Waals surface area contributed by atoms with Crippen molar-refractivity contribution in [3.05, 3.63) is 58.7 Å². The van der Waals surface area contributed by atoms with Crippen molar-refractivity contribution in [2.75, 3.05) is 26.2 Å². The minimum absolute atomic E-state index is 0.0941. The molecule has 4 bridgehead atoms. The third-order valence-corrected chi connectivity index (χ3v) is 7.84. The lowest BCUT2D eigenvalue weighted by Crippen LogP contribution is -2.63. The number of carbonyl (C=O) groups is 2. The van der Waals surface area contributed by atoms with E-state index >= 15 is 0 Å². The quantitative estimate of drug-likeness (QED) is 0.541. The van der Waals surface area contributed by atoms with Gasteiger partial charge in [0.15, 0.2) is 5.72 Å². The van der Waals surface area contributed by atoms with E-state index in [0.717, 1.165) is 11.1 Å². The molecule has 1 aromatic rings. The van der Waals surface area contributed by atoms with Gasteiger partial charge in [-0.15, -0.1) is 0 Å². The second kappa shape index (κ2) is 10.7. The fourth-order valence-corrected chi connectivity index (χ4v) is 5.47. The van der Waals surface area contributed by atoms with Crippen LogP contribution in [0.1, 0.15) is 32.8 Å². The van der Waals surface area contributed by atoms with Crippen molar-refractivity contribution in [3.63, 3.8) is 0 Å². The number of carbonyl (C=O) groups excluding carboxylic acids is 2. The van der Waals surface area contributed by atoms with Crippen molar-refractivity contribution in [2.45, 2.75) is 63.3 Å². The highest BCUT2D eigenvalue weighted by molar-refractivity contribution is 6.35. The number of allylic oxidation sites excluding steroid dienone is 3. The minimum atomic E-state index is -1.68. The SMILES string of the molecule is COc1cc2cc(c1Cl)N(C)C(=O)C=C[C@]1(C)O[C@@H]1[C@H](C)[C@H]1C[C@](O)(NC(=O)O1)[C@H](OC)C=CC=C(C)C2. The molecule has 0 aromatic heterocycles. The Labute approximate surface area is 228 Å². The fraction of sp³-hybridized carbons (Fsp3) is 0.500. The van der Waals surface area contributed by atoms with Crippen LogP contribution in [-0.2, 0) is 25.4 Å². The Balaban J connectivity index is 1.75. The lowest BCUT2D eigenvalue weighted by atomic mass is 9.85. The molecule has 4 rings (SSSR count). The zero-order chi connectivity index (χ0) is 27.8. The van der Waals surface area contributed by atoms with E-state index in [1.165, 1.54) is 25.2 Å². The molecule has 3 aliphatic heterocycles. The Morgan fingerprint density at radius 2 is 2.00 bits per heavy atom. The van der Waals surface area contributed by atoms with Gasteiger partial charge in [0.2, 0.25) is 0 Å². The summed E-state index contributed by atoms with van der Waals surface area (Å²) in [5.41, 5.74) is 0.00882. The van der Waals surface area contributed by atoms with Gasteiger partial charge >= 0.3 is 6.09 Å². The number of hydrogen-bond donors (Lipinski definition) is 2. The topological polar surface area (TPSA) is 110 Å². The number of alkyl carbamates (subject to hydrolysis) is 1. The number of amides is 2. The molecule has 2 N–H and O–H groups in total. The van der Waals surface area contributed by atoms with Crippen LogP contribution in [0.25, 0.3) is 0 Å². The van der Waals surface area contributed by atoms with Gasteiger partial charge in [0, 0.05) is 32.6 Å². The first-order valence-electron chi connectivity index (χ1n) is 12.5. The number of likely N-dealkylation sites (N-methyl/N-ethyl adjacent to an activating group) is 1. The van der Waals surface area contributed by atoms with Crippen LogP contribution >= 0.6 is 11.6 Å². The number of epoxide rings is 1. The first kappa shape index (κ1) is 28.2. The first-order chi connectivity index (χ1) is 17.9. The Morgan fingerprint density at radius 1 is 1.26 bits per heavy atom. The van der Waals surface area contributed by atoms with Gasteiger partial charge in [-0.25, -0.2) is 4.79 Å². The summed E-state index contributed by atoms with van der Waals surface area (Å²) in [4.78, 5) is 27.0. The highest BCUT2D eigenvalue weighted by atomic mass is 35.5. The predicted octanol–water partition coefficient (Wildman–Crippen LogP) is 3.92. The van der Waals surface area contributed by atoms with Crippen molar-refractivity contribution in [1.82, 2.24) is 5.32 Å². The Hall–Kier alpha value is -2.85. The van der Waals surface area contributed by atoms with Crippen molar-refractivity contribution < 1.29 is 33.6 Å². The smallest absolute Gasteiger partial charge is 0.409 e. The first-order valence-corrected chi connectivity index (χ1v) is 12.9. The van der Waals surface area contributed by atoms with Crippen LogP contribution in [0, 0.1) is 5.92 Å². The molecule has 6 atom stereocenters. The van der Waals surface area contributed by atoms with Crippen molar-refractivity contribution >= 4 is 29.3 Å². The molecular weight excluding hydrogens is 512 g/mol. The molecular formula is C28H35ClN2O7. The summed E-state index contributed by atoms with van der Waals surface area (Å²) in [5, 5.41) is 14.3. The molecule has 2 amide bonds. The minimum Gasteiger partial charge on any atom is -0.495 e. The number of halogens is 1. The normalized spacial score (nSPS) is 33.7. The maximum atomic E-state index is 13.1.